The van der Waals surface area contributed by atoms with Crippen molar-refractivity contribution in [2.24, 2.45) is 5.73 Å². The molecule has 84 valence electrons. The molecule has 3 heteroatoms. The van der Waals surface area contributed by atoms with E-state index in [-0.39, 0.29) is 5.60 Å². The molecule has 3 nitrogen and oxygen atoms in total. The Balaban J connectivity index is 2.82. The average Bonchev–Trinajstić information content (AvgIpc) is 2.17. The first-order valence-corrected chi connectivity index (χ1v) is 5.11. The maximum absolute atomic E-state index is 5.79. The lowest BCUT2D eigenvalue weighted by atomic mass is 10.1. The minimum Gasteiger partial charge on any atom is -0.486 e. The van der Waals surface area contributed by atoms with Crippen molar-refractivity contribution in [3.05, 3.63) is 24.3 Å². The van der Waals surface area contributed by atoms with Gasteiger partial charge in [-0.2, -0.15) is 0 Å². The van der Waals surface area contributed by atoms with E-state index in [0.717, 1.165) is 11.4 Å². The number of nitrogens with two attached hydrogens (primary N) is 1. The predicted molar refractivity (Wildman–Crippen MR) is 64.5 cm³/mol. The third-order valence-corrected chi connectivity index (χ3v) is 2.22. The van der Waals surface area contributed by atoms with Gasteiger partial charge in [-0.1, -0.05) is 6.07 Å². The van der Waals surface area contributed by atoms with Crippen LogP contribution in [-0.4, -0.2) is 26.2 Å². The quantitative estimate of drug-likeness (QED) is 0.821. The van der Waals surface area contributed by atoms with Crippen LogP contribution in [0.5, 0.6) is 5.75 Å². The Hall–Kier alpha value is -1.22. The number of nitrogens with zero attached hydrogens (tertiary/aromatic N) is 1. The molecule has 2 N–H and O–H groups in total. The zero-order chi connectivity index (χ0) is 11.5. The summed E-state index contributed by atoms with van der Waals surface area (Å²) in [5.41, 5.74) is 6.43. The molecular formula is C12H20N2O. The van der Waals surface area contributed by atoms with Gasteiger partial charge in [0, 0.05) is 32.4 Å². The Morgan fingerprint density at radius 2 is 2.00 bits per heavy atom. The van der Waals surface area contributed by atoms with Gasteiger partial charge in [-0.3, -0.25) is 0 Å². The normalized spacial score (nSPS) is 11.3. The molecule has 0 saturated carbocycles. The Bertz CT molecular complexity index is 321. The van der Waals surface area contributed by atoms with E-state index < -0.39 is 0 Å². The fourth-order valence-corrected chi connectivity index (χ4v) is 1.19. The Labute approximate surface area is 91.8 Å². The molecule has 0 aromatic heterocycles. The van der Waals surface area contributed by atoms with Crippen LogP contribution in [0.25, 0.3) is 0 Å². The lowest BCUT2D eigenvalue weighted by molar-refractivity contribution is 0.119. The van der Waals surface area contributed by atoms with Gasteiger partial charge in [0.25, 0.3) is 0 Å². The van der Waals surface area contributed by atoms with Crippen LogP contribution >= 0.6 is 0 Å². The second-order valence-corrected chi connectivity index (χ2v) is 4.46. The van der Waals surface area contributed by atoms with Gasteiger partial charge in [0.15, 0.2) is 0 Å². The van der Waals surface area contributed by atoms with Gasteiger partial charge in [-0.05, 0) is 26.0 Å². The molecule has 0 aliphatic carbocycles. The highest BCUT2D eigenvalue weighted by Gasteiger charge is 2.17. The summed E-state index contributed by atoms with van der Waals surface area (Å²) in [6.45, 7) is 4.46. The van der Waals surface area contributed by atoms with Crippen molar-refractivity contribution in [3.8, 4) is 5.75 Å². The predicted octanol–water partition coefficient (Wildman–Crippen LogP) is 1.87. The summed E-state index contributed by atoms with van der Waals surface area (Å²) in [6.07, 6.45) is 0. The van der Waals surface area contributed by atoms with Gasteiger partial charge in [0.05, 0.1) is 0 Å². The molecule has 1 rings (SSSR count). The van der Waals surface area contributed by atoms with E-state index in [1.165, 1.54) is 0 Å². The summed E-state index contributed by atoms with van der Waals surface area (Å²) < 4.78 is 5.79. The zero-order valence-electron chi connectivity index (χ0n) is 9.95. The summed E-state index contributed by atoms with van der Waals surface area (Å²) in [4.78, 5) is 2.04. The molecule has 0 fully saturated rings. The summed E-state index contributed by atoms with van der Waals surface area (Å²) in [5.74, 6) is 0.858. The molecule has 0 heterocycles. The first-order chi connectivity index (χ1) is 6.94. The summed E-state index contributed by atoms with van der Waals surface area (Å²) in [7, 11) is 4.01. The zero-order valence-corrected chi connectivity index (χ0v) is 9.95. The van der Waals surface area contributed by atoms with Crippen molar-refractivity contribution in [1.82, 2.24) is 0 Å². The van der Waals surface area contributed by atoms with Crippen LogP contribution in [0.4, 0.5) is 5.69 Å². The van der Waals surface area contributed by atoms with Gasteiger partial charge in [-0.15, -0.1) is 0 Å². The summed E-state index contributed by atoms with van der Waals surface area (Å²) in [6, 6.07) is 7.99. The second kappa shape index (κ2) is 4.53. The number of anilines is 1. The maximum atomic E-state index is 5.79. The Morgan fingerprint density at radius 3 is 2.53 bits per heavy atom. The number of hydrogen-bond acceptors (Lipinski definition) is 3. The second-order valence-electron chi connectivity index (χ2n) is 4.46. The van der Waals surface area contributed by atoms with Crippen LogP contribution in [0.2, 0.25) is 0 Å². The van der Waals surface area contributed by atoms with Crippen LogP contribution in [-0.2, 0) is 0 Å². The lowest BCUT2D eigenvalue weighted by Crippen LogP contribution is -2.37. The molecule has 0 radical (unpaired) electrons. The molecule has 0 atom stereocenters. The average molecular weight is 208 g/mol. The molecule has 0 unspecified atom stereocenters. The number of ether oxygens (including phenoxy) is 1. The Morgan fingerprint density at radius 1 is 1.33 bits per heavy atom. The largest absolute Gasteiger partial charge is 0.486 e. The molecule has 0 amide bonds. The number of rotatable bonds is 4. The summed E-state index contributed by atoms with van der Waals surface area (Å²) in [5, 5.41) is 0. The van der Waals surface area contributed by atoms with E-state index in [4.69, 9.17) is 10.5 Å². The molecule has 0 saturated heterocycles. The molecule has 1 aromatic carbocycles. The van der Waals surface area contributed by atoms with E-state index in [0.29, 0.717) is 6.54 Å². The number of hydrogen-bond donors (Lipinski definition) is 1. The van der Waals surface area contributed by atoms with Crippen molar-refractivity contribution in [2.45, 2.75) is 19.4 Å². The van der Waals surface area contributed by atoms with E-state index in [9.17, 15) is 0 Å². The third kappa shape index (κ3) is 3.44. The van der Waals surface area contributed by atoms with E-state index in [1.807, 2.05) is 57.1 Å². The van der Waals surface area contributed by atoms with Crippen molar-refractivity contribution < 1.29 is 4.74 Å². The highest BCUT2D eigenvalue weighted by molar-refractivity contribution is 5.49. The van der Waals surface area contributed by atoms with Gasteiger partial charge >= 0.3 is 0 Å². The smallest absolute Gasteiger partial charge is 0.122 e. The van der Waals surface area contributed by atoms with E-state index in [2.05, 4.69) is 0 Å². The van der Waals surface area contributed by atoms with Crippen molar-refractivity contribution >= 4 is 5.69 Å². The van der Waals surface area contributed by atoms with Crippen molar-refractivity contribution in [1.29, 1.82) is 0 Å². The molecule has 1 aromatic rings. The van der Waals surface area contributed by atoms with Crippen LogP contribution in [0.1, 0.15) is 13.8 Å². The van der Waals surface area contributed by atoms with Gasteiger partial charge in [0.1, 0.15) is 11.4 Å². The van der Waals surface area contributed by atoms with Crippen LogP contribution in [0.15, 0.2) is 24.3 Å². The lowest BCUT2D eigenvalue weighted by Gasteiger charge is -2.25. The minimum atomic E-state index is -0.315. The molecule has 0 spiro atoms. The number of benzene rings is 1. The Kier molecular flexibility index (Phi) is 3.58. The standard InChI is InChI=1S/C12H20N2O/c1-12(2,9-13)15-11-7-5-6-10(8-11)14(3)4/h5-8H,9,13H2,1-4H3. The van der Waals surface area contributed by atoms with Crippen molar-refractivity contribution in [2.75, 3.05) is 25.5 Å². The van der Waals surface area contributed by atoms with Crippen molar-refractivity contribution in [3.63, 3.8) is 0 Å². The summed E-state index contributed by atoms with van der Waals surface area (Å²) >= 11 is 0. The molecular weight excluding hydrogens is 188 g/mol. The van der Waals surface area contributed by atoms with Gasteiger partial charge < -0.3 is 15.4 Å². The van der Waals surface area contributed by atoms with E-state index >= 15 is 0 Å². The van der Waals surface area contributed by atoms with Crippen LogP contribution < -0.4 is 15.4 Å². The minimum absolute atomic E-state index is 0.315. The highest BCUT2D eigenvalue weighted by Crippen LogP contribution is 2.22. The van der Waals surface area contributed by atoms with E-state index in [1.54, 1.807) is 0 Å². The van der Waals surface area contributed by atoms with Gasteiger partial charge in [-0.25, -0.2) is 0 Å². The van der Waals surface area contributed by atoms with Crippen LogP contribution in [0, 0.1) is 0 Å². The topological polar surface area (TPSA) is 38.5 Å². The third-order valence-electron chi connectivity index (χ3n) is 2.22. The highest BCUT2D eigenvalue weighted by atomic mass is 16.5. The first kappa shape index (κ1) is 11.9. The SMILES string of the molecule is CN(C)c1cccc(OC(C)(C)CN)c1. The fraction of sp³-hybridized carbons (Fsp3) is 0.500. The van der Waals surface area contributed by atoms with Crippen LogP contribution in [0.3, 0.4) is 0 Å². The first-order valence-electron chi connectivity index (χ1n) is 5.11. The molecule has 15 heavy (non-hydrogen) atoms. The fourth-order valence-electron chi connectivity index (χ4n) is 1.19. The molecule has 0 aliphatic rings. The maximum Gasteiger partial charge on any atom is 0.122 e. The van der Waals surface area contributed by atoms with Gasteiger partial charge in [0.2, 0.25) is 0 Å². The molecule has 0 bridgehead atoms. The monoisotopic (exact) mass is 208 g/mol. The molecule has 0 aliphatic heterocycles.